The summed E-state index contributed by atoms with van der Waals surface area (Å²) in [6.45, 7) is 0. The van der Waals surface area contributed by atoms with Crippen LogP contribution in [0, 0.1) is 0 Å². The largest absolute Gasteiger partial charge is 0.477 e. The molecule has 0 spiro atoms. The molecule has 0 aliphatic heterocycles. The number of nitrogen functional groups attached to an aromatic ring is 1. The third-order valence-corrected chi connectivity index (χ3v) is 3.10. The summed E-state index contributed by atoms with van der Waals surface area (Å²) in [4.78, 5) is 14.5. The number of hydrogen-bond acceptors (Lipinski definition) is 6. The summed E-state index contributed by atoms with van der Waals surface area (Å²) in [6.07, 6.45) is 2.32. The number of nitrogens with zero attached hydrogens (tertiary/aromatic N) is 1. The van der Waals surface area contributed by atoms with Crippen molar-refractivity contribution in [2.75, 3.05) is 16.7 Å². The van der Waals surface area contributed by atoms with Crippen LogP contribution in [0.5, 0.6) is 11.5 Å². The SMILES string of the molecule is CS(=O)(=O)Nc1ccc(Oc2ccnc(C(=O)O)c2)cc1N. The van der Waals surface area contributed by atoms with Crippen molar-refractivity contribution in [1.29, 1.82) is 0 Å². The Morgan fingerprint density at radius 3 is 2.55 bits per heavy atom. The Morgan fingerprint density at radius 2 is 1.95 bits per heavy atom. The van der Waals surface area contributed by atoms with E-state index in [0.29, 0.717) is 5.75 Å². The van der Waals surface area contributed by atoms with E-state index in [4.69, 9.17) is 15.6 Å². The topological polar surface area (TPSA) is 132 Å². The van der Waals surface area contributed by atoms with E-state index in [1.807, 2.05) is 0 Å². The first-order valence-electron chi connectivity index (χ1n) is 5.99. The third-order valence-electron chi connectivity index (χ3n) is 2.50. The van der Waals surface area contributed by atoms with Crippen molar-refractivity contribution in [2.24, 2.45) is 0 Å². The number of hydrogen-bond donors (Lipinski definition) is 3. The molecule has 8 nitrogen and oxygen atoms in total. The van der Waals surface area contributed by atoms with Crippen molar-refractivity contribution < 1.29 is 23.1 Å². The quantitative estimate of drug-likeness (QED) is 0.711. The number of benzene rings is 1. The molecule has 2 rings (SSSR count). The molecule has 0 aliphatic rings. The number of ether oxygens (including phenoxy) is 1. The zero-order valence-electron chi connectivity index (χ0n) is 11.5. The molecule has 0 unspecified atom stereocenters. The Kier molecular flexibility index (Phi) is 4.18. The number of carbonyl (C=O) groups is 1. The van der Waals surface area contributed by atoms with Crippen LogP contribution in [0.15, 0.2) is 36.5 Å². The van der Waals surface area contributed by atoms with E-state index in [-0.39, 0.29) is 22.8 Å². The van der Waals surface area contributed by atoms with Gasteiger partial charge in [0.2, 0.25) is 10.0 Å². The van der Waals surface area contributed by atoms with Gasteiger partial charge in [0.15, 0.2) is 5.69 Å². The molecule has 0 saturated carbocycles. The molecule has 1 aromatic heterocycles. The fourth-order valence-electron chi connectivity index (χ4n) is 1.62. The van der Waals surface area contributed by atoms with Crippen LogP contribution in [0.25, 0.3) is 0 Å². The molecular formula is C13H13N3O5S. The van der Waals surface area contributed by atoms with Gasteiger partial charge in [-0.25, -0.2) is 18.2 Å². The third kappa shape index (κ3) is 4.09. The van der Waals surface area contributed by atoms with Crippen molar-refractivity contribution >= 4 is 27.4 Å². The van der Waals surface area contributed by atoms with Gasteiger partial charge < -0.3 is 15.6 Å². The lowest BCUT2D eigenvalue weighted by atomic mass is 10.2. The van der Waals surface area contributed by atoms with E-state index in [2.05, 4.69) is 9.71 Å². The van der Waals surface area contributed by atoms with Gasteiger partial charge in [0.25, 0.3) is 0 Å². The molecule has 9 heteroatoms. The second-order valence-electron chi connectivity index (χ2n) is 4.41. The number of carboxylic acid groups (broad SMARTS) is 1. The molecule has 2 aromatic rings. The summed E-state index contributed by atoms with van der Waals surface area (Å²) >= 11 is 0. The van der Waals surface area contributed by atoms with Crippen molar-refractivity contribution in [3.63, 3.8) is 0 Å². The molecule has 0 aliphatic carbocycles. The number of rotatable bonds is 5. The second-order valence-corrected chi connectivity index (χ2v) is 6.16. The molecule has 0 atom stereocenters. The van der Waals surface area contributed by atoms with Gasteiger partial charge in [-0.1, -0.05) is 0 Å². The van der Waals surface area contributed by atoms with Crippen LogP contribution < -0.4 is 15.2 Å². The van der Waals surface area contributed by atoms with Crippen LogP contribution in [-0.2, 0) is 10.0 Å². The minimum absolute atomic E-state index is 0.152. The molecule has 1 aromatic carbocycles. The number of anilines is 2. The summed E-state index contributed by atoms with van der Waals surface area (Å²) in [5, 5.41) is 8.86. The lowest BCUT2D eigenvalue weighted by Crippen LogP contribution is -2.11. The fraction of sp³-hybridized carbons (Fsp3) is 0.0769. The highest BCUT2D eigenvalue weighted by Gasteiger charge is 2.09. The van der Waals surface area contributed by atoms with Crippen LogP contribution in [0.1, 0.15) is 10.5 Å². The smallest absolute Gasteiger partial charge is 0.354 e. The average Bonchev–Trinajstić information content (AvgIpc) is 2.41. The van der Waals surface area contributed by atoms with Crippen LogP contribution in [0.2, 0.25) is 0 Å². The van der Waals surface area contributed by atoms with Gasteiger partial charge in [0, 0.05) is 18.3 Å². The van der Waals surface area contributed by atoms with Crippen molar-refractivity contribution in [3.8, 4) is 11.5 Å². The van der Waals surface area contributed by atoms with Gasteiger partial charge >= 0.3 is 5.97 Å². The first-order valence-corrected chi connectivity index (χ1v) is 7.88. The maximum atomic E-state index is 11.2. The van der Waals surface area contributed by atoms with Gasteiger partial charge in [-0.05, 0) is 18.2 Å². The van der Waals surface area contributed by atoms with Crippen LogP contribution in [0.4, 0.5) is 11.4 Å². The van der Waals surface area contributed by atoms with Crippen molar-refractivity contribution in [2.45, 2.75) is 0 Å². The Morgan fingerprint density at radius 1 is 1.27 bits per heavy atom. The van der Waals surface area contributed by atoms with Gasteiger partial charge in [0.1, 0.15) is 11.5 Å². The molecule has 0 radical (unpaired) electrons. The summed E-state index contributed by atoms with van der Waals surface area (Å²) in [5.74, 6) is -0.563. The van der Waals surface area contributed by atoms with Crippen molar-refractivity contribution in [3.05, 3.63) is 42.2 Å². The minimum Gasteiger partial charge on any atom is -0.477 e. The molecule has 0 fully saturated rings. The van der Waals surface area contributed by atoms with Gasteiger partial charge in [-0.3, -0.25) is 4.72 Å². The molecule has 1 heterocycles. The first-order chi connectivity index (χ1) is 10.2. The lowest BCUT2D eigenvalue weighted by molar-refractivity contribution is 0.0690. The lowest BCUT2D eigenvalue weighted by Gasteiger charge is -2.10. The van der Waals surface area contributed by atoms with E-state index in [0.717, 1.165) is 6.26 Å². The Balaban J connectivity index is 2.22. The summed E-state index contributed by atoms with van der Waals surface area (Å²) in [5.41, 5.74) is 6.00. The number of sulfonamides is 1. The summed E-state index contributed by atoms with van der Waals surface area (Å²) in [7, 11) is -3.43. The van der Waals surface area contributed by atoms with E-state index in [9.17, 15) is 13.2 Å². The van der Waals surface area contributed by atoms with E-state index in [1.165, 1.54) is 36.5 Å². The molecule has 4 N–H and O–H groups in total. The van der Waals surface area contributed by atoms with Gasteiger partial charge in [-0.2, -0.15) is 0 Å². The Hall–Kier alpha value is -2.81. The first kappa shape index (κ1) is 15.6. The molecule has 0 saturated heterocycles. The van der Waals surface area contributed by atoms with Crippen molar-refractivity contribution in [1.82, 2.24) is 4.98 Å². The summed E-state index contributed by atoms with van der Waals surface area (Å²) < 4.78 is 30.1. The maximum Gasteiger partial charge on any atom is 0.354 e. The second kappa shape index (κ2) is 5.90. The van der Waals surface area contributed by atoms with E-state index >= 15 is 0 Å². The van der Waals surface area contributed by atoms with E-state index < -0.39 is 16.0 Å². The van der Waals surface area contributed by atoms with Gasteiger partial charge in [0.05, 0.1) is 17.6 Å². The van der Waals surface area contributed by atoms with Gasteiger partial charge in [-0.15, -0.1) is 0 Å². The van der Waals surface area contributed by atoms with Crippen LogP contribution >= 0.6 is 0 Å². The number of aromatic carboxylic acids is 1. The molecule has 0 amide bonds. The average molecular weight is 323 g/mol. The predicted octanol–water partition coefficient (Wildman–Crippen LogP) is 1.53. The zero-order valence-corrected chi connectivity index (χ0v) is 12.3. The standard InChI is InChI=1S/C13H13N3O5S/c1-22(19,20)16-11-3-2-8(6-10(11)14)21-9-4-5-15-12(7-9)13(17)18/h2-7,16H,14H2,1H3,(H,17,18). The Bertz CT molecular complexity index is 820. The van der Waals surface area contributed by atoms with Crippen LogP contribution in [0.3, 0.4) is 0 Å². The highest BCUT2D eigenvalue weighted by atomic mass is 32.2. The number of nitrogens with one attached hydrogen (secondary N) is 1. The number of nitrogens with two attached hydrogens (primary N) is 1. The normalized spacial score (nSPS) is 11.0. The highest BCUT2D eigenvalue weighted by molar-refractivity contribution is 7.92. The monoisotopic (exact) mass is 323 g/mol. The highest BCUT2D eigenvalue weighted by Crippen LogP contribution is 2.28. The zero-order chi connectivity index (χ0) is 16.3. The Labute approximate surface area is 126 Å². The predicted molar refractivity (Wildman–Crippen MR) is 80.6 cm³/mol. The van der Waals surface area contributed by atoms with Crippen LogP contribution in [-0.4, -0.2) is 30.7 Å². The number of aromatic nitrogens is 1. The fourth-order valence-corrected chi connectivity index (χ4v) is 2.21. The number of pyridine rings is 1. The molecule has 0 bridgehead atoms. The van der Waals surface area contributed by atoms with E-state index in [1.54, 1.807) is 0 Å². The maximum absolute atomic E-state index is 11.2. The molecule has 116 valence electrons. The summed E-state index contributed by atoms with van der Waals surface area (Å²) in [6, 6.07) is 7.14. The molecular weight excluding hydrogens is 310 g/mol. The minimum atomic E-state index is -3.43. The number of carboxylic acids is 1. The molecule has 22 heavy (non-hydrogen) atoms.